The van der Waals surface area contributed by atoms with Crippen LogP contribution in [-0.4, -0.2) is 58.2 Å². The monoisotopic (exact) mass is 420 g/mol. The van der Waals surface area contributed by atoms with E-state index in [-0.39, 0.29) is 11.9 Å². The zero-order chi connectivity index (χ0) is 21.4. The van der Waals surface area contributed by atoms with E-state index in [4.69, 9.17) is 9.51 Å². The highest BCUT2D eigenvalue weighted by Crippen LogP contribution is 2.27. The van der Waals surface area contributed by atoms with Gasteiger partial charge in [-0.05, 0) is 31.9 Å². The van der Waals surface area contributed by atoms with Crippen LogP contribution < -0.4 is 10.2 Å². The maximum Gasteiger partial charge on any atom is 0.252 e. The number of hydrogen-bond donors (Lipinski definition) is 1. The standard InChI is InChI=1S/C23H28N6O2/c1-3-20-26-23(31-27-20)15(2)28-10-12-29(13-11-28)21-14-18(22(30)24-16-8-9-16)17-6-4-5-7-19(17)25-21/h4-7,14-16H,3,8-13H2,1-2H3,(H,24,30). The summed E-state index contributed by atoms with van der Waals surface area (Å²) in [7, 11) is 0. The Bertz CT molecular complexity index is 1080. The zero-order valence-electron chi connectivity index (χ0n) is 18.0. The molecule has 1 aromatic carbocycles. The normalized spacial score (nSPS) is 18.3. The lowest BCUT2D eigenvalue weighted by atomic mass is 10.1. The molecule has 3 aromatic rings. The Morgan fingerprint density at radius 2 is 1.97 bits per heavy atom. The quantitative estimate of drug-likeness (QED) is 0.656. The van der Waals surface area contributed by atoms with Crippen molar-refractivity contribution in [3.05, 3.63) is 47.6 Å². The maximum atomic E-state index is 12.9. The highest BCUT2D eigenvalue weighted by atomic mass is 16.5. The van der Waals surface area contributed by atoms with E-state index in [2.05, 4.69) is 32.2 Å². The number of hydrogen-bond acceptors (Lipinski definition) is 7. The number of benzene rings is 1. The molecule has 0 spiro atoms. The summed E-state index contributed by atoms with van der Waals surface area (Å²) in [6, 6.07) is 10.2. The van der Waals surface area contributed by atoms with Gasteiger partial charge in [-0.15, -0.1) is 0 Å². The van der Waals surface area contributed by atoms with Gasteiger partial charge in [0.05, 0.1) is 17.1 Å². The fraction of sp³-hybridized carbons (Fsp3) is 0.478. The van der Waals surface area contributed by atoms with Crippen molar-refractivity contribution in [2.24, 2.45) is 0 Å². The summed E-state index contributed by atoms with van der Waals surface area (Å²) in [5, 5.41) is 8.05. The number of pyridine rings is 1. The predicted molar refractivity (Wildman–Crippen MR) is 118 cm³/mol. The molecule has 2 aromatic heterocycles. The van der Waals surface area contributed by atoms with Crippen molar-refractivity contribution in [2.45, 2.75) is 45.2 Å². The van der Waals surface area contributed by atoms with Crippen LogP contribution in [0.15, 0.2) is 34.9 Å². The van der Waals surface area contributed by atoms with E-state index >= 15 is 0 Å². The number of nitrogens with one attached hydrogen (secondary N) is 1. The second-order valence-corrected chi connectivity index (χ2v) is 8.39. The maximum absolute atomic E-state index is 12.9. The van der Waals surface area contributed by atoms with Crippen LogP contribution >= 0.6 is 0 Å². The Morgan fingerprint density at radius 3 is 2.68 bits per heavy atom. The van der Waals surface area contributed by atoms with Gasteiger partial charge in [0.2, 0.25) is 5.89 Å². The fourth-order valence-electron chi connectivity index (χ4n) is 4.08. The number of rotatable bonds is 6. The van der Waals surface area contributed by atoms with Crippen LogP contribution in [0.2, 0.25) is 0 Å². The van der Waals surface area contributed by atoms with E-state index < -0.39 is 0 Å². The number of aromatic nitrogens is 3. The molecule has 0 bridgehead atoms. The smallest absolute Gasteiger partial charge is 0.252 e. The van der Waals surface area contributed by atoms with Crippen molar-refractivity contribution in [3.63, 3.8) is 0 Å². The van der Waals surface area contributed by atoms with Crippen molar-refractivity contribution in [1.82, 2.24) is 25.3 Å². The third-order valence-corrected chi connectivity index (χ3v) is 6.20. The lowest BCUT2D eigenvalue weighted by Gasteiger charge is -2.37. The second-order valence-electron chi connectivity index (χ2n) is 8.39. The number of anilines is 1. The molecule has 1 saturated heterocycles. The first-order chi connectivity index (χ1) is 15.1. The summed E-state index contributed by atoms with van der Waals surface area (Å²) >= 11 is 0. The van der Waals surface area contributed by atoms with Gasteiger partial charge >= 0.3 is 0 Å². The van der Waals surface area contributed by atoms with E-state index in [1.165, 1.54) is 0 Å². The van der Waals surface area contributed by atoms with Crippen molar-refractivity contribution < 1.29 is 9.32 Å². The van der Waals surface area contributed by atoms with Gasteiger partial charge in [0.15, 0.2) is 5.82 Å². The number of fused-ring (bicyclic) bond motifs is 1. The first-order valence-corrected chi connectivity index (χ1v) is 11.1. The molecule has 162 valence electrons. The highest BCUT2D eigenvalue weighted by molar-refractivity contribution is 6.07. The molecule has 3 heterocycles. The van der Waals surface area contributed by atoms with Crippen LogP contribution in [0, 0.1) is 0 Å². The van der Waals surface area contributed by atoms with Gasteiger partial charge in [-0.25, -0.2) is 4.98 Å². The fourth-order valence-corrected chi connectivity index (χ4v) is 4.08. The minimum absolute atomic E-state index is 0.00210. The van der Waals surface area contributed by atoms with Crippen molar-refractivity contribution in [3.8, 4) is 0 Å². The Balaban J connectivity index is 1.33. The first kappa shape index (κ1) is 19.9. The van der Waals surface area contributed by atoms with Crippen LogP contribution in [0.1, 0.15) is 54.8 Å². The molecule has 31 heavy (non-hydrogen) atoms. The number of carbonyl (C=O) groups is 1. The Labute approximate surface area is 181 Å². The number of piperazine rings is 1. The molecule has 2 fully saturated rings. The van der Waals surface area contributed by atoms with Crippen LogP contribution in [0.3, 0.4) is 0 Å². The summed E-state index contributed by atoms with van der Waals surface area (Å²) in [5.74, 6) is 2.28. The van der Waals surface area contributed by atoms with Crippen LogP contribution in [0.25, 0.3) is 10.9 Å². The molecule has 1 aliphatic carbocycles. The van der Waals surface area contributed by atoms with E-state index in [1.54, 1.807) is 0 Å². The average Bonchev–Trinajstić information content (AvgIpc) is 3.49. The van der Waals surface area contributed by atoms with Gasteiger partial charge in [-0.3, -0.25) is 9.69 Å². The van der Waals surface area contributed by atoms with Crippen LogP contribution in [0.4, 0.5) is 5.82 Å². The molecule has 1 saturated carbocycles. The number of nitrogens with zero attached hydrogens (tertiary/aromatic N) is 5. The van der Waals surface area contributed by atoms with E-state index in [9.17, 15) is 4.79 Å². The number of para-hydroxylation sites is 1. The molecule has 1 unspecified atom stereocenters. The lowest BCUT2D eigenvalue weighted by molar-refractivity contribution is 0.0952. The molecule has 8 heteroatoms. The lowest BCUT2D eigenvalue weighted by Crippen LogP contribution is -2.47. The average molecular weight is 421 g/mol. The van der Waals surface area contributed by atoms with Gasteiger partial charge in [0.1, 0.15) is 5.82 Å². The van der Waals surface area contributed by atoms with E-state index in [0.29, 0.717) is 17.5 Å². The summed E-state index contributed by atoms with van der Waals surface area (Å²) in [5.41, 5.74) is 1.57. The van der Waals surface area contributed by atoms with Gasteiger partial charge in [-0.2, -0.15) is 4.98 Å². The Kier molecular flexibility index (Phi) is 5.31. The molecule has 1 N–H and O–H groups in total. The zero-order valence-corrected chi connectivity index (χ0v) is 18.0. The second kappa shape index (κ2) is 8.26. The van der Waals surface area contributed by atoms with Crippen molar-refractivity contribution >= 4 is 22.6 Å². The number of amides is 1. The molecule has 1 aliphatic heterocycles. The molecule has 8 nitrogen and oxygen atoms in total. The molecule has 1 atom stereocenters. The van der Waals surface area contributed by atoms with E-state index in [0.717, 1.165) is 68.0 Å². The molecule has 1 amide bonds. The molecule has 2 aliphatic rings. The van der Waals surface area contributed by atoms with Gasteiger partial charge in [0, 0.05) is 44.0 Å². The molecular weight excluding hydrogens is 392 g/mol. The Hall–Kier alpha value is -3.00. The minimum Gasteiger partial charge on any atom is -0.354 e. The van der Waals surface area contributed by atoms with Crippen molar-refractivity contribution in [1.29, 1.82) is 0 Å². The van der Waals surface area contributed by atoms with Crippen molar-refractivity contribution in [2.75, 3.05) is 31.1 Å². The van der Waals surface area contributed by atoms with Crippen LogP contribution in [-0.2, 0) is 6.42 Å². The summed E-state index contributed by atoms with van der Waals surface area (Å²) in [6.45, 7) is 7.51. The summed E-state index contributed by atoms with van der Waals surface area (Å²) in [6.07, 6.45) is 2.91. The SMILES string of the molecule is CCc1noc(C(C)N2CCN(c3cc(C(=O)NC4CC4)c4ccccc4n3)CC2)n1. The topological polar surface area (TPSA) is 87.4 Å². The molecular formula is C23H28N6O2. The molecule has 0 radical (unpaired) electrons. The third kappa shape index (κ3) is 4.12. The molecule has 5 rings (SSSR count). The Morgan fingerprint density at radius 1 is 1.19 bits per heavy atom. The summed E-state index contributed by atoms with van der Waals surface area (Å²) < 4.78 is 5.44. The third-order valence-electron chi connectivity index (χ3n) is 6.20. The van der Waals surface area contributed by atoms with Crippen LogP contribution in [0.5, 0.6) is 0 Å². The predicted octanol–water partition coefficient (Wildman–Crippen LogP) is 2.96. The number of aryl methyl sites for hydroxylation is 1. The summed E-state index contributed by atoms with van der Waals surface area (Å²) in [4.78, 5) is 26.8. The minimum atomic E-state index is -0.00210. The van der Waals surface area contributed by atoms with Gasteiger partial charge < -0.3 is 14.7 Å². The highest BCUT2D eigenvalue weighted by Gasteiger charge is 2.28. The first-order valence-electron chi connectivity index (χ1n) is 11.1. The van der Waals surface area contributed by atoms with E-state index in [1.807, 2.05) is 37.3 Å². The van der Waals surface area contributed by atoms with Gasteiger partial charge in [-0.1, -0.05) is 30.3 Å². The number of carbonyl (C=O) groups excluding carboxylic acids is 1. The van der Waals surface area contributed by atoms with Gasteiger partial charge in [0.25, 0.3) is 5.91 Å². The largest absolute Gasteiger partial charge is 0.354 e.